The standard InChI is InChI=1S/C14H17N3O2/c1-14(16-17-15)9-7-12(8-10-14)19-13(18)11-5-3-2-4-6-11/h2-6,12H,7-10H2,1H3. The van der Waals surface area contributed by atoms with Crippen molar-refractivity contribution in [1.29, 1.82) is 0 Å². The predicted molar refractivity (Wildman–Crippen MR) is 71.7 cm³/mol. The van der Waals surface area contributed by atoms with Gasteiger partial charge in [0.15, 0.2) is 0 Å². The first-order valence-corrected chi connectivity index (χ1v) is 6.45. The normalized spacial score (nSPS) is 26.3. The molecular formula is C14H17N3O2. The van der Waals surface area contributed by atoms with Crippen LogP contribution in [0.25, 0.3) is 10.4 Å². The molecule has 1 aliphatic carbocycles. The molecule has 0 amide bonds. The molecule has 5 nitrogen and oxygen atoms in total. The van der Waals surface area contributed by atoms with Crippen molar-refractivity contribution in [3.63, 3.8) is 0 Å². The Balaban J connectivity index is 1.90. The maximum atomic E-state index is 11.9. The van der Waals surface area contributed by atoms with Gasteiger partial charge in [-0.05, 0) is 43.3 Å². The number of carbonyl (C=O) groups is 1. The van der Waals surface area contributed by atoms with Crippen molar-refractivity contribution in [3.05, 3.63) is 46.3 Å². The summed E-state index contributed by atoms with van der Waals surface area (Å²) in [5.74, 6) is -0.280. The Morgan fingerprint density at radius 3 is 2.58 bits per heavy atom. The Morgan fingerprint density at radius 2 is 2.00 bits per heavy atom. The highest BCUT2D eigenvalue weighted by atomic mass is 16.5. The molecule has 0 atom stereocenters. The lowest BCUT2D eigenvalue weighted by molar-refractivity contribution is 0.0153. The van der Waals surface area contributed by atoms with Crippen molar-refractivity contribution in [1.82, 2.24) is 0 Å². The van der Waals surface area contributed by atoms with Gasteiger partial charge in [-0.1, -0.05) is 30.2 Å². The number of azide groups is 1. The van der Waals surface area contributed by atoms with Crippen molar-refractivity contribution in [3.8, 4) is 0 Å². The number of carbonyl (C=O) groups excluding carboxylic acids is 1. The third-order valence-electron chi connectivity index (χ3n) is 3.58. The van der Waals surface area contributed by atoms with Crippen molar-refractivity contribution in [2.45, 2.75) is 44.2 Å². The Morgan fingerprint density at radius 1 is 1.37 bits per heavy atom. The van der Waals surface area contributed by atoms with Crippen LogP contribution in [0.4, 0.5) is 0 Å². The Labute approximate surface area is 112 Å². The molecule has 0 aromatic heterocycles. The SMILES string of the molecule is CC1(N=[N+]=[N-])CCC(OC(=O)c2ccccc2)CC1. The van der Waals surface area contributed by atoms with E-state index in [1.807, 2.05) is 25.1 Å². The zero-order valence-electron chi connectivity index (χ0n) is 11.0. The summed E-state index contributed by atoms with van der Waals surface area (Å²) >= 11 is 0. The molecule has 0 bridgehead atoms. The van der Waals surface area contributed by atoms with Gasteiger partial charge in [0.25, 0.3) is 0 Å². The molecular weight excluding hydrogens is 242 g/mol. The van der Waals surface area contributed by atoms with Gasteiger partial charge in [-0.3, -0.25) is 0 Å². The van der Waals surface area contributed by atoms with E-state index >= 15 is 0 Å². The second-order valence-corrected chi connectivity index (χ2v) is 5.16. The van der Waals surface area contributed by atoms with E-state index in [9.17, 15) is 4.79 Å². The highest BCUT2D eigenvalue weighted by Crippen LogP contribution is 2.33. The molecule has 1 aromatic rings. The van der Waals surface area contributed by atoms with E-state index in [1.165, 1.54) is 0 Å². The minimum absolute atomic E-state index is 0.0744. The van der Waals surface area contributed by atoms with Crippen molar-refractivity contribution in [2.75, 3.05) is 0 Å². The number of hydrogen-bond donors (Lipinski definition) is 0. The molecule has 0 spiro atoms. The summed E-state index contributed by atoms with van der Waals surface area (Å²) in [6.07, 6.45) is 2.92. The molecule has 1 saturated carbocycles. The monoisotopic (exact) mass is 259 g/mol. The van der Waals surface area contributed by atoms with Gasteiger partial charge in [0.2, 0.25) is 0 Å². The summed E-state index contributed by atoms with van der Waals surface area (Å²) in [5.41, 5.74) is 8.76. The minimum Gasteiger partial charge on any atom is -0.459 e. The van der Waals surface area contributed by atoms with Crippen LogP contribution in [-0.4, -0.2) is 17.6 Å². The van der Waals surface area contributed by atoms with E-state index in [0.717, 1.165) is 25.7 Å². The summed E-state index contributed by atoms with van der Waals surface area (Å²) in [6, 6.07) is 8.99. The average molecular weight is 259 g/mol. The molecule has 19 heavy (non-hydrogen) atoms. The van der Waals surface area contributed by atoms with Gasteiger partial charge in [-0.15, -0.1) is 0 Å². The molecule has 0 aliphatic heterocycles. The molecule has 2 rings (SSSR count). The van der Waals surface area contributed by atoms with Crippen LogP contribution in [-0.2, 0) is 4.74 Å². The fourth-order valence-electron chi connectivity index (χ4n) is 2.33. The fourth-order valence-corrected chi connectivity index (χ4v) is 2.33. The van der Waals surface area contributed by atoms with Crippen LogP contribution in [0.3, 0.4) is 0 Å². The molecule has 0 N–H and O–H groups in total. The number of esters is 1. The number of nitrogens with zero attached hydrogens (tertiary/aromatic N) is 3. The van der Waals surface area contributed by atoms with E-state index in [0.29, 0.717) is 5.56 Å². The lowest BCUT2D eigenvalue weighted by Gasteiger charge is -2.33. The zero-order chi connectivity index (χ0) is 13.7. The summed E-state index contributed by atoms with van der Waals surface area (Å²) < 4.78 is 5.48. The highest BCUT2D eigenvalue weighted by molar-refractivity contribution is 5.89. The van der Waals surface area contributed by atoms with E-state index in [2.05, 4.69) is 10.0 Å². The van der Waals surface area contributed by atoms with Gasteiger partial charge >= 0.3 is 5.97 Å². The molecule has 0 unspecified atom stereocenters. The first kappa shape index (κ1) is 13.4. The van der Waals surface area contributed by atoms with Crippen LogP contribution < -0.4 is 0 Å². The third kappa shape index (κ3) is 3.48. The first-order chi connectivity index (χ1) is 9.13. The first-order valence-electron chi connectivity index (χ1n) is 6.45. The Bertz CT molecular complexity index is 487. The molecule has 0 heterocycles. The largest absolute Gasteiger partial charge is 0.459 e. The maximum Gasteiger partial charge on any atom is 0.338 e. The Kier molecular flexibility index (Phi) is 4.07. The second kappa shape index (κ2) is 5.76. The van der Waals surface area contributed by atoms with E-state index in [1.54, 1.807) is 12.1 Å². The van der Waals surface area contributed by atoms with E-state index in [-0.39, 0.29) is 17.6 Å². The van der Waals surface area contributed by atoms with Crippen LogP contribution in [0, 0.1) is 0 Å². The van der Waals surface area contributed by atoms with Gasteiger partial charge in [0, 0.05) is 10.5 Å². The second-order valence-electron chi connectivity index (χ2n) is 5.16. The van der Waals surface area contributed by atoms with Gasteiger partial charge in [0.1, 0.15) is 6.10 Å². The maximum absolute atomic E-state index is 11.9. The lowest BCUT2D eigenvalue weighted by Crippen LogP contribution is -2.33. The average Bonchev–Trinajstić information content (AvgIpc) is 2.43. The molecule has 0 saturated heterocycles. The van der Waals surface area contributed by atoms with Gasteiger partial charge in [-0.25, -0.2) is 4.79 Å². The zero-order valence-corrected chi connectivity index (χ0v) is 11.0. The predicted octanol–water partition coefficient (Wildman–Crippen LogP) is 3.86. The van der Waals surface area contributed by atoms with Crippen molar-refractivity contribution < 1.29 is 9.53 Å². The van der Waals surface area contributed by atoms with Crippen LogP contribution in [0.15, 0.2) is 35.4 Å². The quantitative estimate of drug-likeness (QED) is 0.358. The molecule has 0 radical (unpaired) electrons. The van der Waals surface area contributed by atoms with Crippen LogP contribution >= 0.6 is 0 Å². The minimum atomic E-state index is -0.329. The smallest absolute Gasteiger partial charge is 0.338 e. The van der Waals surface area contributed by atoms with Crippen molar-refractivity contribution in [2.24, 2.45) is 5.11 Å². The number of ether oxygens (including phenoxy) is 1. The topological polar surface area (TPSA) is 75.1 Å². The van der Waals surface area contributed by atoms with Gasteiger partial charge in [-0.2, -0.15) is 0 Å². The van der Waals surface area contributed by atoms with E-state index < -0.39 is 0 Å². The summed E-state index contributed by atoms with van der Waals surface area (Å²) in [4.78, 5) is 14.8. The lowest BCUT2D eigenvalue weighted by atomic mass is 9.82. The van der Waals surface area contributed by atoms with Crippen LogP contribution in [0.5, 0.6) is 0 Å². The third-order valence-corrected chi connectivity index (χ3v) is 3.58. The Hall–Kier alpha value is -2.00. The van der Waals surface area contributed by atoms with Crippen LogP contribution in [0.2, 0.25) is 0 Å². The molecule has 1 fully saturated rings. The van der Waals surface area contributed by atoms with Gasteiger partial charge < -0.3 is 4.74 Å². The summed E-state index contributed by atoms with van der Waals surface area (Å²) in [7, 11) is 0. The summed E-state index contributed by atoms with van der Waals surface area (Å²) in [5, 5.41) is 3.83. The number of rotatable bonds is 3. The number of benzene rings is 1. The summed E-state index contributed by atoms with van der Waals surface area (Å²) in [6.45, 7) is 1.95. The molecule has 1 aliphatic rings. The number of hydrogen-bond acceptors (Lipinski definition) is 3. The molecule has 100 valence electrons. The van der Waals surface area contributed by atoms with Crippen LogP contribution in [0.1, 0.15) is 43.0 Å². The molecule has 1 aromatic carbocycles. The van der Waals surface area contributed by atoms with E-state index in [4.69, 9.17) is 10.3 Å². The fraction of sp³-hybridized carbons (Fsp3) is 0.500. The molecule has 5 heteroatoms. The van der Waals surface area contributed by atoms with Crippen molar-refractivity contribution >= 4 is 5.97 Å². The highest BCUT2D eigenvalue weighted by Gasteiger charge is 2.31. The van der Waals surface area contributed by atoms with Gasteiger partial charge in [0.05, 0.1) is 5.56 Å².